The van der Waals surface area contributed by atoms with Crippen LogP contribution < -0.4 is 15.8 Å². The predicted molar refractivity (Wildman–Crippen MR) is 79.6 cm³/mol. The lowest BCUT2D eigenvalue weighted by Crippen LogP contribution is -2.22. The number of amides is 1. The van der Waals surface area contributed by atoms with Crippen LogP contribution in [0, 0.1) is 6.92 Å². The Bertz CT molecular complexity index is 582. The molecular weight excluding hydrogens is 252 g/mol. The maximum absolute atomic E-state index is 11.3. The standard InChI is InChI=1S/C16H18N2O2/c1-12-9-14(7-8-15(12)18-16(19)10-17)20-11-13-5-3-2-4-6-13/h2-9H,10-11,17H2,1H3,(H,18,19). The summed E-state index contributed by atoms with van der Waals surface area (Å²) in [5.74, 6) is 0.572. The molecule has 0 fully saturated rings. The van der Waals surface area contributed by atoms with Gasteiger partial charge in [0.25, 0.3) is 0 Å². The zero-order valence-electron chi connectivity index (χ0n) is 11.4. The molecule has 0 aliphatic carbocycles. The first-order valence-electron chi connectivity index (χ1n) is 6.46. The maximum atomic E-state index is 11.3. The fraction of sp³-hybridized carbons (Fsp3) is 0.188. The van der Waals surface area contributed by atoms with Gasteiger partial charge in [0, 0.05) is 5.69 Å². The molecule has 1 amide bonds. The van der Waals surface area contributed by atoms with Gasteiger partial charge in [0.05, 0.1) is 6.54 Å². The highest BCUT2D eigenvalue weighted by molar-refractivity contribution is 5.92. The first-order valence-corrected chi connectivity index (χ1v) is 6.46. The van der Waals surface area contributed by atoms with E-state index in [9.17, 15) is 4.79 Å². The molecule has 0 aliphatic heterocycles. The van der Waals surface area contributed by atoms with Crippen molar-refractivity contribution in [2.75, 3.05) is 11.9 Å². The van der Waals surface area contributed by atoms with Gasteiger partial charge in [-0.25, -0.2) is 0 Å². The van der Waals surface area contributed by atoms with Gasteiger partial charge >= 0.3 is 0 Å². The van der Waals surface area contributed by atoms with E-state index in [1.165, 1.54) is 0 Å². The van der Waals surface area contributed by atoms with Crippen molar-refractivity contribution in [3.05, 3.63) is 59.7 Å². The van der Waals surface area contributed by atoms with Crippen molar-refractivity contribution in [3.8, 4) is 5.75 Å². The molecule has 0 radical (unpaired) electrons. The molecule has 0 atom stereocenters. The number of aryl methyl sites for hydroxylation is 1. The lowest BCUT2D eigenvalue weighted by molar-refractivity contribution is -0.114. The molecular formula is C16H18N2O2. The summed E-state index contributed by atoms with van der Waals surface area (Å²) >= 11 is 0. The Kier molecular flexibility index (Phi) is 4.74. The van der Waals surface area contributed by atoms with Crippen molar-refractivity contribution in [3.63, 3.8) is 0 Å². The van der Waals surface area contributed by atoms with Gasteiger partial charge in [-0.15, -0.1) is 0 Å². The highest BCUT2D eigenvalue weighted by atomic mass is 16.5. The summed E-state index contributed by atoms with van der Waals surface area (Å²) in [6.45, 7) is 2.42. The van der Waals surface area contributed by atoms with Crippen LogP contribution in [0.3, 0.4) is 0 Å². The first kappa shape index (κ1) is 14.1. The average Bonchev–Trinajstić information content (AvgIpc) is 2.48. The van der Waals surface area contributed by atoms with Crippen LogP contribution in [0.1, 0.15) is 11.1 Å². The van der Waals surface area contributed by atoms with E-state index in [2.05, 4.69) is 5.32 Å². The van der Waals surface area contributed by atoms with Crippen LogP contribution in [0.4, 0.5) is 5.69 Å². The van der Waals surface area contributed by atoms with Crippen molar-refractivity contribution in [1.82, 2.24) is 0 Å². The number of rotatable bonds is 5. The van der Waals surface area contributed by atoms with Crippen molar-refractivity contribution >= 4 is 11.6 Å². The third-order valence-electron chi connectivity index (χ3n) is 2.91. The average molecular weight is 270 g/mol. The topological polar surface area (TPSA) is 64.3 Å². The molecule has 0 heterocycles. The normalized spacial score (nSPS) is 10.1. The van der Waals surface area contributed by atoms with Gasteiger partial charge in [0.2, 0.25) is 5.91 Å². The third kappa shape index (κ3) is 3.83. The molecule has 2 aromatic carbocycles. The van der Waals surface area contributed by atoms with Crippen LogP contribution in [0.5, 0.6) is 5.75 Å². The molecule has 0 aromatic heterocycles. The highest BCUT2D eigenvalue weighted by Gasteiger charge is 2.04. The number of nitrogens with one attached hydrogen (secondary N) is 1. The minimum Gasteiger partial charge on any atom is -0.489 e. The lowest BCUT2D eigenvalue weighted by Gasteiger charge is -2.11. The number of hydrogen-bond acceptors (Lipinski definition) is 3. The van der Waals surface area contributed by atoms with Crippen LogP contribution in [0.15, 0.2) is 48.5 Å². The van der Waals surface area contributed by atoms with E-state index in [1.54, 1.807) is 0 Å². The molecule has 20 heavy (non-hydrogen) atoms. The fourth-order valence-electron chi connectivity index (χ4n) is 1.81. The summed E-state index contributed by atoms with van der Waals surface area (Å²) in [5.41, 5.74) is 8.09. The van der Waals surface area contributed by atoms with E-state index in [1.807, 2.05) is 55.5 Å². The molecule has 0 unspecified atom stereocenters. The molecule has 3 N–H and O–H groups in total. The maximum Gasteiger partial charge on any atom is 0.238 e. The van der Waals surface area contributed by atoms with E-state index < -0.39 is 0 Å². The number of ether oxygens (including phenoxy) is 1. The Balaban J connectivity index is 2.00. The monoisotopic (exact) mass is 270 g/mol. The van der Waals surface area contributed by atoms with Gasteiger partial charge in [-0.3, -0.25) is 4.79 Å². The van der Waals surface area contributed by atoms with Gasteiger partial charge in [0.15, 0.2) is 0 Å². The molecule has 0 saturated heterocycles. The van der Waals surface area contributed by atoms with Crippen LogP contribution in [0.2, 0.25) is 0 Å². The van der Waals surface area contributed by atoms with E-state index in [-0.39, 0.29) is 12.5 Å². The Morgan fingerprint density at radius 2 is 1.95 bits per heavy atom. The van der Waals surface area contributed by atoms with Crippen molar-refractivity contribution in [1.29, 1.82) is 0 Å². The molecule has 104 valence electrons. The Labute approximate surface area is 118 Å². The molecule has 4 nitrogen and oxygen atoms in total. The van der Waals surface area contributed by atoms with Gasteiger partial charge in [-0.1, -0.05) is 30.3 Å². The lowest BCUT2D eigenvalue weighted by atomic mass is 10.2. The second-order valence-electron chi connectivity index (χ2n) is 4.50. The molecule has 2 rings (SSSR count). The van der Waals surface area contributed by atoms with Crippen molar-refractivity contribution in [2.45, 2.75) is 13.5 Å². The molecule has 0 saturated carbocycles. The first-order chi connectivity index (χ1) is 9.69. The summed E-state index contributed by atoms with van der Waals surface area (Å²) in [7, 11) is 0. The zero-order chi connectivity index (χ0) is 14.4. The molecule has 0 aliphatic rings. The summed E-state index contributed by atoms with van der Waals surface area (Å²) in [5, 5.41) is 2.74. The minimum absolute atomic E-state index is 0.0221. The third-order valence-corrected chi connectivity index (χ3v) is 2.91. The molecule has 4 heteroatoms. The molecule has 0 spiro atoms. The number of hydrogen-bond donors (Lipinski definition) is 2. The van der Waals surface area contributed by atoms with E-state index >= 15 is 0 Å². The minimum atomic E-state index is -0.203. The fourth-order valence-corrected chi connectivity index (χ4v) is 1.81. The quantitative estimate of drug-likeness (QED) is 0.877. The zero-order valence-corrected chi connectivity index (χ0v) is 11.4. The van der Waals surface area contributed by atoms with Crippen LogP contribution >= 0.6 is 0 Å². The van der Waals surface area contributed by atoms with Gasteiger partial charge in [-0.05, 0) is 36.2 Å². The van der Waals surface area contributed by atoms with Gasteiger partial charge in [0.1, 0.15) is 12.4 Å². The number of nitrogens with two attached hydrogens (primary N) is 1. The van der Waals surface area contributed by atoms with Gasteiger partial charge < -0.3 is 15.8 Å². The van der Waals surface area contributed by atoms with Crippen LogP contribution in [-0.2, 0) is 11.4 Å². The smallest absolute Gasteiger partial charge is 0.238 e. The van der Waals surface area contributed by atoms with Crippen molar-refractivity contribution < 1.29 is 9.53 Å². The van der Waals surface area contributed by atoms with E-state index in [4.69, 9.17) is 10.5 Å². The number of carbonyl (C=O) groups is 1. The highest BCUT2D eigenvalue weighted by Crippen LogP contribution is 2.22. The second-order valence-corrected chi connectivity index (χ2v) is 4.50. The second kappa shape index (κ2) is 6.73. The van der Waals surface area contributed by atoms with Crippen molar-refractivity contribution in [2.24, 2.45) is 5.73 Å². The predicted octanol–water partition coefficient (Wildman–Crippen LogP) is 2.47. The number of benzene rings is 2. The SMILES string of the molecule is Cc1cc(OCc2ccccc2)ccc1NC(=O)CN. The summed E-state index contributed by atoms with van der Waals surface area (Å²) in [6, 6.07) is 15.5. The van der Waals surface area contributed by atoms with Crippen LogP contribution in [0.25, 0.3) is 0 Å². The summed E-state index contributed by atoms with van der Waals surface area (Å²) in [4.78, 5) is 11.3. The summed E-state index contributed by atoms with van der Waals surface area (Å²) < 4.78 is 5.72. The Hall–Kier alpha value is -2.33. The van der Waals surface area contributed by atoms with E-state index in [0.29, 0.717) is 6.61 Å². The largest absolute Gasteiger partial charge is 0.489 e. The number of carbonyl (C=O) groups excluding carboxylic acids is 1. The summed E-state index contributed by atoms with van der Waals surface area (Å²) in [6.07, 6.45) is 0. The van der Waals surface area contributed by atoms with Gasteiger partial charge in [-0.2, -0.15) is 0 Å². The Morgan fingerprint density at radius 1 is 1.20 bits per heavy atom. The van der Waals surface area contributed by atoms with Crippen LogP contribution in [-0.4, -0.2) is 12.5 Å². The molecule has 0 bridgehead atoms. The van der Waals surface area contributed by atoms with E-state index in [0.717, 1.165) is 22.6 Å². The molecule has 2 aromatic rings. The Morgan fingerprint density at radius 3 is 2.60 bits per heavy atom. The number of anilines is 1.